The second-order valence-electron chi connectivity index (χ2n) is 3.52. The fourth-order valence-electron chi connectivity index (χ4n) is 1.29. The molecule has 0 saturated heterocycles. The maximum atomic E-state index is 8.49. The SMILES string of the molecule is CCC(C/C(N)=N/O)Oc1ccc(Cl)c(Cl)c1. The van der Waals surface area contributed by atoms with Crippen molar-refractivity contribution < 1.29 is 9.94 Å². The van der Waals surface area contributed by atoms with E-state index in [0.29, 0.717) is 22.2 Å². The normalized spacial score (nSPS) is 13.5. The van der Waals surface area contributed by atoms with Gasteiger partial charge in [0.15, 0.2) is 0 Å². The van der Waals surface area contributed by atoms with Gasteiger partial charge in [-0.1, -0.05) is 35.3 Å². The fraction of sp³-hybridized carbons (Fsp3) is 0.364. The van der Waals surface area contributed by atoms with E-state index >= 15 is 0 Å². The number of nitrogens with zero attached hydrogens (tertiary/aromatic N) is 1. The predicted molar refractivity (Wildman–Crippen MR) is 69.2 cm³/mol. The topological polar surface area (TPSA) is 67.8 Å². The first-order valence-electron chi connectivity index (χ1n) is 5.15. The Morgan fingerprint density at radius 3 is 2.71 bits per heavy atom. The minimum Gasteiger partial charge on any atom is -0.490 e. The number of nitrogens with two attached hydrogens (primary N) is 1. The van der Waals surface area contributed by atoms with Crippen molar-refractivity contribution >= 4 is 29.0 Å². The largest absolute Gasteiger partial charge is 0.490 e. The highest BCUT2D eigenvalue weighted by Gasteiger charge is 2.11. The molecule has 17 heavy (non-hydrogen) atoms. The third-order valence-corrected chi connectivity index (χ3v) is 2.95. The summed E-state index contributed by atoms with van der Waals surface area (Å²) in [5.41, 5.74) is 5.43. The van der Waals surface area contributed by atoms with Crippen LogP contribution in [0.2, 0.25) is 10.0 Å². The Hall–Kier alpha value is -1.13. The second kappa shape index (κ2) is 6.57. The average molecular weight is 277 g/mol. The maximum Gasteiger partial charge on any atom is 0.142 e. The van der Waals surface area contributed by atoms with Crippen LogP contribution in [0.15, 0.2) is 23.4 Å². The lowest BCUT2D eigenvalue weighted by atomic mass is 10.2. The summed E-state index contributed by atoms with van der Waals surface area (Å²) >= 11 is 11.7. The van der Waals surface area contributed by atoms with Crippen LogP contribution < -0.4 is 10.5 Å². The van der Waals surface area contributed by atoms with Crippen LogP contribution in [-0.2, 0) is 0 Å². The second-order valence-corrected chi connectivity index (χ2v) is 4.33. The number of ether oxygens (including phenoxy) is 1. The van der Waals surface area contributed by atoms with E-state index in [1.54, 1.807) is 18.2 Å². The Bertz CT molecular complexity index is 410. The standard InChI is InChI=1S/C11H14Cl2N2O2/c1-2-7(6-11(14)15-16)17-8-3-4-9(12)10(13)5-8/h3-5,7,16H,2,6H2,1H3,(H2,14,15). The number of hydrogen-bond acceptors (Lipinski definition) is 3. The lowest BCUT2D eigenvalue weighted by Crippen LogP contribution is -2.24. The van der Waals surface area contributed by atoms with Gasteiger partial charge < -0.3 is 15.7 Å². The van der Waals surface area contributed by atoms with Crippen LogP contribution in [0, 0.1) is 0 Å². The van der Waals surface area contributed by atoms with Gasteiger partial charge in [-0.05, 0) is 18.6 Å². The van der Waals surface area contributed by atoms with Crippen LogP contribution in [0.5, 0.6) is 5.75 Å². The third kappa shape index (κ3) is 4.32. The summed E-state index contributed by atoms with van der Waals surface area (Å²) in [5.74, 6) is 0.744. The monoisotopic (exact) mass is 276 g/mol. The number of benzene rings is 1. The van der Waals surface area contributed by atoms with Crippen LogP contribution in [-0.4, -0.2) is 17.1 Å². The van der Waals surface area contributed by atoms with Crippen LogP contribution in [0.1, 0.15) is 19.8 Å². The molecule has 0 aliphatic heterocycles. The Kier molecular flexibility index (Phi) is 5.38. The molecule has 0 amide bonds. The minimum absolute atomic E-state index is 0.136. The number of rotatable bonds is 5. The number of hydrogen-bond donors (Lipinski definition) is 2. The molecule has 1 atom stereocenters. The summed E-state index contributed by atoms with van der Waals surface area (Å²) < 4.78 is 5.66. The summed E-state index contributed by atoms with van der Waals surface area (Å²) in [4.78, 5) is 0. The van der Waals surface area contributed by atoms with E-state index < -0.39 is 0 Å². The van der Waals surface area contributed by atoms with Gasteiger partial charge in [0.1, 0.15) is 17.7 Å². The molecule has 1 aromatic carbocycles. The van der Waals surface area contributed by atoms with Gasteiger partial charge in [-0.15, -0.1) is 0 Å². The Balaban J connectivity index is 2.70. The van der Waals surface area contributed by atoms with E-state index in [4.69, 9.17) is 38.9 Å². The Morgan fingerprint density at radius 2 is 2.18 bits per heavy atom. The maximum absolute atomic E-state index is 8.49. The molecule has 0 radical (unpaired) electrons. The molecule has 0 aliphatic rings. The van der Waals surface area contributed by atoms with Gasteiger partial charge in [0, 0.05) is 12.5 Å². The van der Waals surface area contributed by atoms with Crippen molar-refractivity contribution in [3.05, 3.63) is 28.2 Å². The fourth-order valence-corrected chi connectivity index (χ4v) is 1.57. The summed E-state index contributed by atoms with van der Waals surface area (Å²) in [6.07, 6.45) is 0.923. The van der Waals surface area contributed by atoms with Crippen molar-refractivity contribution in [1.82, 2.24) is 0 Å². The van der Waals surface area contributed by atoms with Crippen molar-refractivity contribution in [1.29, 1.82) is 0 Å². The quantitative estimate of drug-likeness (QED) is 0.375. The van der Waals surface area contributed by atoms with Crippen molar-refractivity contribution in [3.8, 4) is 5.75 Å². The molecular formula is C11H14Cl2N2O2. The molecule has 0 bridgehead atoms. The van der Waals surface area contributed by atoms with Crippen molar-refractivity contribution in [2.45, 2.75) is 25.9 Å². The number of oxime groups is 1. The molecule has 1 rings (SSSR count). The molecule has 4 nitrogen and oxygen atoms in total. The summed E-state index contributed by atoms with van der Waals surface area (Å²) in [6, 6.07) is 5.03. The van der Waals surface area contributed by atoms with Crippen LogP contribution in [0.3, 0.4) is 0 Å². The van der Waals surface area contributed by atoms with E-state index in [1.165, 1.54) is 0 Å². The van der Waals surface area contributed by atoms with E-state index in [9.17, 15) is 0 Å². The molecule has 0 heterocycles. The van der Waals surface area contributed by atoms with Crippen molar-refractivity contribution in [2.75, 3.05) is 0 Å². The molecule has 94 valence electrons. The Morgan fingerprint density at radius 1 is 1.47 bits per heavy atom. The lowest BCUT2D eigenvalue weighted by molar-refractivity contribution is 0.202. The molecule has 0 fully saturated rings. The average Bonchev–Trinajstić information content (AvgIpc) is 2.32. The first-order valence-corrected chi connectivity index (χ1v) is 5.90. The number of amidine groups is 1. The van der Waals surface area contributed by atoms with Crippen LogP contribution >= 0.6 is 23.2 Å². The molecular weight excluding hydrogens is 263 g/mol. The summed E-state index contributed by atoms with van der Waals surface area (Å²) in [7, 11) is 0. The summed E-state index contributed by atoms with van der Waals surface area (Å²) in [5, 5.41) is 12.3. The van der Waals surface area contributed by atoms with Gasteiger partial charge in [0.25, 0.3) is 0 Å². The van der Waals surface area contributed by atoms with Crippen molar-refractivity contribution in [3.63, 3.8) is 0 Å². The van der Waals surface area contributed by atoms with Crippen LogP contribution in [0.25, 0.3) is 0 Å². The molecule has 1 aromatic rings. The zero-order chi connectivity index (χ0) is 12.8. The van der Waals surface area contributed by atoms with E-state index in [2.05, 4.69) is 5.16 Å². The van der Waals surface area contributed by atoms with Crippen LogP contribution in [0.4, 0.5) is 0 Å². The van der Waals surface area contributed by atoms with E-state index in [-0.39, 0.29) is 11.9 Å². The lowest BCUT2D eigenvalue weighted by Gasteiger charge is -2.17. The molecule has 3 N–H and O–H groups in total. The van der Waals surface area contributed by atoms with E-state index in [0.717, 1.165) is 6.42 Å². The highest BCUT2D eigenvalue weighted by molar-refractivity contribution is 6.42. The molecule has 6 heteroatoms. The minimum atomic E-state index is -0.164. The highest BCUT2D eigenvalue weighted by Crippen LogP contribution is 2.27. The number of halogens is 2. The zero-order valence-corrected chi connectivity index (χ0v) is 10.9. The Labute approximate surface area is 110 Å². The highest BCUT2D eigenvalue weighted by atomic mass is 35.5. The zero-order valence-electron chi connectivity index (χ0n) is 9.36. The van der Waals surface area contributed by atoms with E-state index in [1.807, 2.05) is 6.92 Å². The summed E-state index contributed by atoms with van der Waals surface area (Å²) in [6.45, 7) is 1.95. The molecule has 0 saturated carbocycles. The van der Waals surface area contributed by atoms with Gasteiger partial charge in [-0.2, -0.15) is 0 Å². The first kappa shape index (κ1) is 13.9. The van der Waals surface area contributed by atoms with Gasteiger partial charge in [0.05, 0.1) is 10.0 Å². The van der Waals surface area contributed by atoms with Crippen molar-refractivity contribution in [2.24, 2.45) is 10.9 Å². The molecule has 0 aromatic heterocycles. The molecule has 0 spiro atoms. The first-order chi connectivity index (χ1) is 8.06. The molecule has 0 aliphatic carbocycles. The predicted octanol–water partition coefficient (Wildman–Crippen LogP) is 3.29. The molecule has 1 unspecified atom stereocenters. The van der Waals surface area contributed by atoms with Gasteiger partial charge >= 0.3 is 0 Å². The third-order valence-electron chi connectivity index (χ3n) is 2.21. The van der Waals surface area contributed by atoms with Gasteiger partial charge in [-0.25, -0.2) is 0 Å². The van der Waals surface area contributed by atoms with Gasteiger partial charge in [-0.3, -0.25) is 0 Å². The smallest absolute Gasteiger partial charge is 0.142 e. The van der Waals surface area contributed by atoms with Gasteiger partial charge in [0.2, 0.25) is 0 Å².